The Hall–Kier alpha value is -1.43. The number of anilines is 1. The number of hydrogen-bond acceptors (Lipinski definition) is 5. The summed E-state index contributed by atoms with van der Waals surface area (Å²) >= 11 is 1.54. The first-order chi connectivity index (χ1) is 8.95. The maximum atomic E-state index is 12.2. The Labute approximate surface area is 115 Å². The van der Waals surface area contributed by atoms with Gasteiger partial charge in [-0.3, -0.25) is 9.59 Å². The second-order valence-corrected chi connectivity index (χ2v) is 6.65. The first-order valence-corrected chi connectivity index (χ1v) is 7.28. The number of nitrogens with one attached hydrogen (secondary N) is 1. The first-order valence-electron chi connectivity index (χ1n) is 6.47. The van der Waals surface area contributed by atoms with E-state index in [-0.39, 0.29) is 18.3 Å². The van der Waals surface area contributed by atoms with Crippen molar-refractivity contribution in [1.29, 1.82) is 0 Å². The average molecular weight is 280 g/mol. The van der Waals surface area contributed by atoms with Crippen LogP contribution < -0.4 is 5.32 Å². The van der Waals surface area contributed by atoms with Crippen molar-refractivity contribution >= 4 is 28.3 Å². The molecule has 3 rings (SSSR count). The number of aromatic nitrogens is 1. The van der Waals surface area contributed by atoms with Crippen molar-refractivity contribution in [2.75, 3.05) is 5.32 Å². The van der Waals surface area contributed by atoms with Crippen LogP contribution in [0.5, 0.6) is 0 Å². The van der Waals surface area contributed by atoms with Gasteiger partial charge < -0.3 is 10.1 Å². The number of esters is 1. The van der Waals surface area contributed by atoms with Crippen LogP contribution in [0.25, 0.3) is 0 Å². The quantitative estimate of drug-likeness (QED) is 0.840. The molecule has 1 amide bonds. The molecule has 0 saturated carbocycles. The van der Waals surface area contributed by atoms with Gasteiger partial charge in [-0.05, 0) is 33.1 Å². The highest BCUT2D eigenvalue weighted by atomic mass is 32.1. The van der Waals surface area contributed by atoms with Gasteiger partial charge >= 0.3 is 5.97 Å². The van der Waals surface area contributed by atoms with Crippen molar-refractivity contribution in [1.82, 2.24) is 4.98 Å². The summed E-state index contributed by atoms with van der Waals surface area (Å²) in [5.74, 6) is -0.936. The van der Waals surface area contributed by atoms with E-state index in [9.17, 15) is 9.59 Å². The Bertz CT molecular complexity index is 529. The van der Waals surface area contributed by atoms with Gasteiger partial charge in [0.2, 0.25) is 5.91 Å². The number of fused-ring (bicyclic) bond motifs is 1. The number of carbonyl (C=O) groups excluding carboxylic acids is 2. The molecule has 1 fully saturated rings. The molecule has 1 aliphatic heterocycles. The van der Waals surface area contributed by atoms with Crippen LogP contribution in [0.3, 0.4) is 0 Å². The standard InChI is InChI=1S/C13H16N2O3S/c1-13(2)7(6-10(16)18-13)11(17)15-12-14-8-4-3-5-9(8)19-12/h7H,3-6H2,1-2H3,(H,14,15,17). The molecule has 0 spiro atoms. The Morgan fingerprint density at radius 3 is 2.89 bits per heavy atom. The van der Waals surface area contributed by atoms with Crippen LogP contribution in [0.1, 0.15) is 37.3 Å². The highest BCUT2D eigenvalue weighted by molar-refractivity contribution is 7.15. The second-order valence-electron chi connectivity index (χ2n) is 5.57. The normalized spacial score (nSPS) is 24.1. The van der Waals surface area contributed by atoms with Crippen LogP contribution in [0.2, 0.25) is 0 Å². The number of hydrogen-bond donors (Lipinski definition) is 1. The summed E-state index contributed by atoms with van der Waals surface area (Å²) in [6, 6.07) is 0. The van der Waals surface area contributed by atoms with Crippen molar-refractivity contribution in [2.24, 2.45) is 5.92 Å². The van der Waals surface area contributed by atoms with Gasteiger partial charge in [0.1, 0.15) is 5.60 Å². The van der Waals surface area contributed by atoms with Crippen molar-refractivity contribution in [3.8, 4) is 0 Å². The Kier molecular flexibility index (Phi) is 2.85. The van der Waals surface area contributed by atoms with Gasteiger partial charge in [-0.1, -0.05) is 0 Å². The number of carbonyl (C=O) groups is 2. The molecule has 1 aromatic heterocycles. The number of ether oxygens (including phenoxy) is 1. The third kappa shape index (κ3) is 2.25. The predicted molar refractivity (Wildman–Crippen MR) is 71.0 cm³/mol. The molecule has 19 heavy (non-hydrogen) atoms. The third-order valence-corrected chi connectivity index (χ3v) is 4.80. The molecule has 2 heterocycles. The summed E-state index contributed by atoms with van der Waals surface area (Å²) in [7, 11) is 0. The van der Waals surface area contributed by atoms with Gasteiger partial charge in [-0.15, -0.1) is 11.3 Å². The fourth-order valence-corrected chi connectivity index (χ4v) is 3.72. The maximum Gasteiger partial charge on any atom is 0.307 e. The number of nitrogens with zero attached hydrogens (tertiary/aromatic N) is 1. The van der Waals surface area contributed by atoms with Crippen LogP contribution >= 0.6 is 11.3 Å². The molecule has 1 saturated heterocycles. The summed E-state index contributed by atoms with van der Waals surface area (Å²) in [4.78, 5) is 29.3. The number of rotatable bonds is 2. The smallest absolute Gasteiger partial charge is 0.307 e. The Morgan fingerprint density at radius 2 is 2.26 bits per heavy atom. The topological polar surface area (TPSA) is 68.3 Å². The number of thiazole rings is 1. The summed E-state index contributed by atoms with van der Waals surface area (Å²) in [6.45, 7) is 3.54. The van der Waals surface area contributed by atoms with Gasteiger partial charge in [-0.2, -0.15) is 0 Å². The fourth-order valence-electron chi connectivity index (χ4n) is 2.66. The minimum atomic E-state index is -0.735. The molecule has 1 aliphatic carbocycles. The van der Waals surface area contributed by atoms with Gasteiger partial charge in [-0.25, -0.2) is 4.98 Å². The van der Waals surface area contributed by atoms with E-state index in [0.717, 1.165) is 25.0 Å². The van der Waals surface area contributed by atoms with Crippen molar-refractivity contribution < 1.29 is 14.3 Å². The van der Waals surface area contributed by atoms with Crippen molar-refractivity contribution in [3.63, 3.8) is 0 Å². The number of amides is 1. The van der Waals surface area contributed by atoms with Gasteiger partial charge in [0.05, 0.1) is 18.0 Å². The van der Waals surface area contributed by atoms with E-state index in [1.165, 1.54) is 4.88 Å². The molecule has 0 radical (unpaired) electrons. The first kappa shape index (κ1) is 12.6. The van der Waals surface area contributed by atoms with Crippen LogP contribution in [0.15, 0.2) is 0 Å². The summed E-state index contributed by atoms with van der Waals surface area (Å²) < 4.78 is 5.16. The molecule has 1 aromatic rings. The van der Waals surface area contributed by atoms with Crippen LogP contribution in [0, 0.1) is 5.92 Å². The molecule has 1 atom stereocenters. The molecule has 5 nitrogen and oxygen atoms in total. The van der Waals surface area contributed by atoms with E-state index < -0.39 is 11.5 Å². The second kappa shape index (κ2) is 4.30. The average Bonchev–Trinajstić information content (AvgIpc) is 2.90. The summed E-state index contributed by atoms with van der Waals surface area (Å²) in [5, 5.41) is 3.47. The molecule has 102 valence electrons. The van der Waals surface area contributed by atoms with Gasteiger partial charge in [0, 0.05) is 4.88 Å². The predicted octanol–water partition coefficient (Wildman–Crippen LogP) is 1.91. The lowest BCUT2D eigenvalue weighted by Crippen LogP contribution is -2.36. The van der Waals surface area contributed by atoms with Crippen LogP contribution in [0.4, 0.5) is 5.13 Å². The van der Waals surface area contributed by atoms with Crippen molar-refractivity contribution in [2.45, 2.75) is 45.1 Å². The third-order valence-electron chi connectivity index (χ3n) is 3.73. The molecule has 6 heteroatoms. The zero-order chi connectivity index (χ0) is 13.6. The number of cyclic esters (lactones) is 1. The molecular weight excluding hydrogens is 264 g/mol. The zero-order valence-corrected chi connectivity index (χ0v) is 11.8. The lowest BCUT2D eigenvalue weighted by molar-refractivity contribution is -0.147. The molecule has 1 unspecified atom stereocenters. The lowest BCUT2D eigenvalue weighted by atomic mass is 9.90. The molecule has 0 aromatic carbocycles. The highest BCUT2D eigenvalue weighted by Gasteiger charge is 2.46. The largest absolute Gasteiger partial charge is 0.459 e. The molecule has 1 N–H and O–H groups in total. The van der Waals surface area contributed by atoms with Crippen molar-refractivity contribution in [3.05, 3.63) is 10.6 Å². The summed E-state index contributed by atoms with van der Waals surface area (Å²) in [5.41, 5.74) is 0.375. The monoisotopic (exact) mass is 280 g/mol. The maximum absolute atomic E-state index is 12.2. The highest BCUT2D eigenvalue weighted by Crippen LogP contribution is 2.35. The zero-order valence-electron chi connectivity index (χ0n) is 11.0. The minimum Gasteiger partial charge on any atom is -0.459 e. The SMILES string of the molecule is CC1(C)OC(=O)CC1C(=O)Nc1nc2c(s1)CCC2. The number of aryl methyl sites for hydroxylation is 2. The molecular formula is C13H16N2O3S. The fraction of sp³-hybridized carbons (Fsp3) is 0.615. The molecule has 0 bridgehead atoms. The van der Waals surface area contributed by atoms with E-state index in [4.69, 9.17) is 4.74 Å². The van der Waals surface area contributed by atoms with E-state index in [1.54, 1.807) is 25.2 Å². The Balaban J connectivity index is 1.72. The molecule has 2 aliphatic rings. The van der Waals surface area contributed by atoms with E-state index >= 15 is 0 Å². The van der Waals surface area contributed by atoms with E-state index in [0.29, 0.717) is 5.13 Å². The van der Waals surface area contributed by atoms with Crippen LogP contribution in [-0.2, 0) is 27.2 Å². The minimum absolute atomic E-state index is 0.143. The van der Waals surface area contributed by atoms with Gasteiger partial charge in [0.25, 0.3) is 0 Å². The van der Waals surface area contributed by atoms with Gasteiger partial charge in [0.15, 0.2) is 5.13 Å². The van der Waals surface area contributed by atoms with Crippen LogP contribution in [-0.4, -0.2) is 22.5 Å². The van der Waals surface area contributed by atoms with E-state index in [1.807, 2.05) is 0 Å². The Morgan fingerprint density at radius 1 is 1.47 bits per heavy atom. The summed E-state index contributed by atoms with van der Waals surface area (Å²) in [6.07, 6.45) is 3.35. The van der Waals surface area contributed by atoms with E-state index in [2.05, 4.69) is 10.3 Å². The lowest BCUT2D eigenvalue weighted by Gasteiger charge is -2.23.